The first-order valence-electron chi connectivity index (χ1n) is 3.66. The quantitative estimate of drug-likeness (QED) is 0.890. The Balaban J connectivity index is 3.18. The molecule has 0 radical (unpaired) electrons. The molecule has 6 heteroatoms. The minimum Gasteiger partial charge on any atom is -0.383 e. The zero-order valence-corrected chi connectivity index (χ0v) is 8.55. The lowest BCUT2D eigenvalue weighted by atomic mass is 10.2. The minimum absolute atomic E-state index is 0.0231. The third kappa shape index (κ3) is 2.17. The van der Waals surface area contributed by atoms with Crippen molar-refractivity contribution in [3.05, 3.63) is 21.8 Å². The van der Waals surface area contributed by atoms with Crippen LogP contribution in [0.25, 0.3) is 0 Å². The monoisotopic (exact) mass is 261 g/mol. The van der Waals surface area contributed by atoms with Gasteiger partial charge in [-0.15, -0.1) is 0 Å². The van der Waals surface area contributed by atoms with Crippen LogP contribution in [-0.4, -0.2) is 4.98 Å². The summed E-state index contributed by atoms with van der Waals surface area (Å²) in [5.41, 5.74) is 5.45. The number of nitrogens with zero attached hydrogens (tertiary/aromatic N) is 2. The second-order valence-electron chi connectivity index (χ2n) is 2.54. The maximum atomic E-state index is 12.3. The first kappa shape index (κ1) is 10.9. The van der Waals surface area contributed by atoms with E-state index in [0.29, 0.717) is 5.56 Å². The highest BCUT2D eigenvalue weighted by molar-refractivity contribution is 9.10. The van der Waals surface area contributed by atoms with Crippen LogP contribution >= 0.6 is 15.9 Å². The van der Waals surface area contributed by atoms with Crippen LogP contribution in [0.5, 0.6) is 0 Å². The molecule has 1 aromatic rings. The maximum absolute atomic E-state index is 12.3. The average molecular weight is 262 g/mol. The van der Waals surface area contributed by atoms with Gasteiger partial charge < -0.3 is 5.73 Å². The van der Waals surface area contributed by atoms with E-state index in [-0.39, 0.29) is 16.7 Å². The molecular formula is C8H6BrF2N3. The molecular weight excluding hydrogens is 256 g/mol. The minimum atomic E-state index is -2.68. The number of pyridine rings is 1. The molecule has 14 heavy (non-hydrogen) atoms. The van der Waals surface area contributed by atoms with E-state index in [1.54, 1.807) is 0 Å². The van der Waals surface area contributed by atoms with Crippen molar-refractivity contribution in [2.24, 2.45) is 0 Å². The van der Waals surface area contributed by atoms with Crippen LogP contribution in [0, 0.1) is 11.3 Å². The molecule has 3 nitrogen and oxygen atoms in total. The summed E-state index contributed by atoms with van der Waals surface area (Å²) in [5, 5.41) is 8.42. The highest BCUT2D eigenvalue weighted by atomic mass is 79.9. The van der Waals surface area contributed by atoms with Gasteiger partial charge in [-0.3, -0.25) is 0 Å². The molecule has 0 aromatic carbocycles. The number of alkyl halides is 2. The van der Waals surface area contributed by atoms with Gasteiger partial charge in [0.1, 0.15) is 11.5 Å². The Bertz CT molecular complexity index is 387. The lowest BCUT2D eigenvalue weighted by Gasteiger charge is -2.06. The van der Waals surface area contributed by atoms with E-state index in [4.69, 9.17) is 11.0 Å². The molecule has 1 heterocycles. The Morgan fingerprint density at radius 2 is 2.29 bits per heavy atom. The number of nitrogen functional groups attached to an aromatic ring is 1. The average Bonchev–Trinajstić information content (AvgIpc) is 2.10. The SMILES string of the molecule is N#CCc1cc(Br)c(C(F)F)nc1N. The molecule has 0 aliphatic carbocycles. The number of halogens is 3. The Hall–Kier alpha value is -1.22. The molecule has 74 valence electrons. The molecule has 0 atom stereocenters. The fraction of sp³-hybridized carbons (Fsp3) is 0.250. The zero-order valence-electron chi connectivity index (χ0n) is 6.97. The van der Waals surface area contributed by atoms with Crippen LogP contribution in [0.4, 0.5) is 14.6 Å². The van der Waals surface area contributed by atoms with Gasteiger partial charge in [0.05, 0.1) is 12.5 Å². The number of nitrogens with two attached hydrogens (primary N) is 1. The highest BCUT2D eigenvalue weighted by Gasteiger charge is 2.15. The fourth-order valence-electron chi connectivity index (χ4n) is 0.936. The van der Waals surface area contributed by atoms with Crippen molar-refractivity contribution in [3.63, 3.8) is 0 Å². The summed E-state index contributed by atoms with van der Waals surface area (Å²) in [4.78, 5) is 3.52. The van der Waals surface area contributed by atoms with Crippen molar-refractivity contribution in [1.82, 2.24) is 4.98 Å². The van der Waals surface area contributed by atoms with E-state index in [0.717, 1.165) is 0 Å². The van der Waals surface area contributed by atoms with Crippen LogP contribution in [0.15, 0.2) is 10.5 Å². The number of aromatic nitrogens is 1. The zero-order chi connectivity index (χ0) is 10.7. The van der Waals surface area contributed by atoms with Gasteiger partial charge in [-0.25, -0.2) is 13.8 Å². The van der Waals surface area contributed by atoms with E-state index < -0.39 is 12.1 Å². The van der Waals surface area contributed by atoms with Gasteiger partial charge in [-0.1, -0.05) is 0 Å². The molecule has 0 saturated heterocycles. The standard InChI is InChI=1S/C8H6BrF2N3/c9-5-3-4(1-2-12)8(13)14-6(5)7(10)11/h3,7H,1H2,(H2,13,14). The maximum Gasteiger partial charge on any atom is 0.281 e. The highest BCUT2D eigenvalue weighted by Crippen LogP contribution is 2.28. The van der Waals surface area contributed by atoms with Gasteiger partial charge in [-0.2, -0.15) is 5.26 Å². The summed E-state index contributed by atoms with van der Waals surface area (Å²) in [6, 6.07) is 3.27. The molecule has 0 spiro atoms. The predicted octanol–water partition coefficient (Wildman–Crippen LogP) is 2.43. The molecule has 0 amide bonds. The molecule has 0 aliphatic heterocycles. The molecule has 1 aromatic heterocycles. The summed E-state index contributed by atoms with van der Waals surface area (Å²) in [5.74, 6) is -0.0231. The van der Waals surface area contributed by atoms with Crippen molar-refractivity contribution < 1.29 is 8.78 Å². The van der Waals surface area contributed by atoms with Gasteiger partial charge in [0.2, 0.25) is 0 Å². The van der Waals surface area contributed by atoms with Crippen molar-refractivity contribution in [2.75, 3.05) is 5.73 Å². The molecule has 2 N–H and O–H groups in total. The Morgan fingerprint density at radius 1 is 1.64 bits per heavy atom. The molecule has 0 saturated carbocycles. The Morgan fingerprint density at radius 3 is 2.79 bits per heavy atom. The number of rotatable bonds is 2. The fourth-order valence-corrected chi connectivity index (χ4v) is 1.47. The van der Waals surface area contributed by atoms with Crippen LogP contribution in [-0.2, 0) is 6.42 Å². The van der Waals surface area contributed by atoms with E-state index >= 15 is 0 Å². The molecule has 1 rings (SSSR count). The summed E-state index contributed by atoms with van der Waals surface area (Å²) in [6.07, 6.45) is -2.62. The van der Waals surface area contributed by atoms with Gasteiger partial charge in [0.25, 0.3) is 6.43 Å². The van der Waals surface area contributed by atoms with Gasteiger partial charge in [0, 0.05) is 10.0 Å². The van der Waals surface area contributed by atoms with Crippen molar-refractivity contribution in [2.45, 2.75) is 12.8 Å². The molecule has 0 fully saturated rings. The Labute approximate surface area is 87.7 Å². The Kier molecular flexibility index (Phi) is 3.36. The van der Waals surface area contributed by atoms with Crippen molar-refractivity contribution in [1.29, 1.82) is 5.26 Å². The first-order chi connectivity index (χ1) is 6.56. The van der Waals surface area contributed by atoms with E-state index in [2.05, 4.69) is 20.9 Å². The van der Waals surface area contributed by atoms with Crippen LogP contribution in [0.3, 0.4) is 0 Å². The lowest BCUT2D eigenvalue weighted by Crippen LogP contribution is -2.02. The van der Waals surface area contributed by atoms with Crippen LogP contribution < -0.4 is 5.73 Å². The molecule has 0 aliphatic rings. The van der Waals surface area contributed by atoms with Crippen LogP contribution in [0.2, 0.25) is 0 Å². The number of nitriles is 1. The summed E-state index contributed by atoms with van der Waals surface area (Å²) in [7, 11) is 0. The van der Waals surface area contributed by atoms with E-state index in [9.17, 15) is 8.78 Å². The summed E-state index contributed by atoms with van der Waals surface area (Å²) >= 11 is 2.94. The van der Waals surface area contributed by atoms with Gasteiger partial charge in [0.15, 0.2) is 0 Å². The van der Waals surface area contributed by atoms with Gasteiger partial charge in [-0.05, 0) is 22.0 Å². The number of hydrogen-bond donors (Lipinski definition) is 1. The third-order valence-corrected chi connectivity index (χ3v) is 2.23. The van der Waals surface area contributed by atoms with Crippen LogP contribution in [0.1, 0.15) is 17.7 Å². The second kappa shape index (κ2) is 4.33. The van der Waals surface area contributed by atoms with Crippen molar-refractivity contribution in [3.8, 4) is 6.07 Å². The smallest absolute Gasteiger partial charge is 0.281 e. The lowest BCUT2D eigenvalue weighted by molar-refractivity contribution is 0.145. The van der Waals surface area contributed by atoms with E-state index in [1.807, 2.05) is 6.07 Å². The van der Waals surface area contributed by atoms with E-state index in [1.165, 1.54) is 6.07 Å². The second-order valence-corrected chi connectivity index (χ2v) is 3.39. The summed E-state index contributed by atoms with van der Waals surface area (Å²) in [6.45, 7) is 0. The first-order valence-corrected chi connectivity index (χ1v) is 4.45. The number of anilines is 1. The van der Waals surface area contributed by atoms with Crippen molar-refractivity contribution >= 4 is 21.7 Å². The van der Waals surface area contributed by atoms with Gasteiger partial charge >= 0.3 is 0 Å². The largest absolute Gasteiger partial charge is 0.383 e. The molecule has 0 unspecified atom stereocenters. The topological polar surface area (TPSA) is 62.7 Å². The third-order valence-electron chi connectivity index (χ3n) is 1.59. The summed E-state index contributed by atoms with van der Waals surface area (Å²) < 4.78 is 24.8. The normalized spacial score (nSPS) is 10.2. The predicted molar refractivity (Wildman–Crippen MR) is 50.6 cm³/mol. The number of hydrogen-bond acceptors (Lipinski definition) is 3. The molecule has 0 bridgehead atoms.